The number of ether oxygens (including phenoxy) is 3. The number of unbranched alkanes of at least 4 members (excludes halogenated alkanes) is 34. The average Bonchev–Trinajstić information content (AvgIpc) is 3.47. The number of nitrogens with one attached hydrogen (secondary N) is 1. The zero-order valence-electron chi connectivity index (χ0n) is 51.0. The second-order valence-electron chi connectivity index (χ2n) is 22.9. The Balaban J connectivity index is 2.58. The summed E-state index contributed by atoms with van der Waals surface area (Å²) in [7, 11) is 0. The van der Waals surface area contributed by atoms with Crippen molar-refractivity contribution >= 4 is 11.9 Å². The Kier molecular flexibility index (Phi) is 52.6. The monoisotopic (exact) mass is 1110 g/mol. The van der Waals surface area contributed by atoms with E-state index in [-0.39, 0.29) is 13.0 Å². The van der Waals surface area contributed by atoms with Gasteiger partial charge in [-0.25, -0.2) is 0 Å². The minimum atomic E-state index is -1.62. The van der Waals surface area contributed by atoms with E-state index in [1.165, 1.54) is 161 Å². The van der Waals surface area contributed by atoms with Gasteiger partial charge in [0.15, 0.2) is 12.4 Å². The molecule has 460 valence electrons. The Labute approximate surface area is 484 Å². The topological polar surface area (TPSA) is 175 Å². The van der Waals surface area contributed by atoms with Gasteiger partial charge in [-0.15, -0.1) is 0 Å². The van der Waals surface area contributed by atoms with Crippen molar-refractivity contribution in [2.45, 2.75) is 346 Å². The molecule has 79 heavy (non-hydrogen) atoms. The number of esters is 1. The molecule has 8 atom stereocenters. The van der Waals surface area contributed by atoms with Crippen LogP contribution in [0.5, 0.6) is 0 Å². The van der Waals surface area contributed by atoms with E-state index in [0.29, 0.717) is 19.3 Å². The van der Waals surface area contributed by atoms with Crippen LogP contribution >= 0.6 is 0 Å². The average molecular weight is 1110 g/mol. The maximum atomic E-state index is 13.4. The SMILES string of the molecule is CCCCC/C=C\C/C=C\C/C=C\C/C=C\CCCCCCCCCCCC(=O)OC1C(OCC(NC(=O)C(O)CCCCCCCCCCCCCCCC)C(O)/C=C/CCCCCCCCCCC)OC(CO)C(O)C1O. The third-order valence-corrected chi connectivity index (χ3v) is 15.4. The van der Waals surface area contributed by atoms with Crippen LogP contribution in [0.3, 0.4) is 0 Å². The molecule has 11 nitrogen and oxygen atoms in total. The molecular formula is C68H123NO10. The molecule has 0 aliphatic carbocycles. The van der Waals surface area contributed by atoms with E-state index < -0.39 is 67.4 Å². The van der Waals surface area contributed by atoms with Crippen molar-refractivity contribution in [1.82, 2.24) is 5.32 Å². The lowest BCUT2D eigenvalue weighted by Gasteiger charge is -2.41. The summed E-state index contributed by atoms with van der Waals surface area (Å²) in [5.41, 5.74) is 0. The van der Waals surface area contributed by atoms with Crippen LogP contribution in [0.4, 0.5) is 0 Å². The number of allylic oxidation sites excluding steroid dienone is 9. The molecule has 0 radical (unpaired) electrons. The maximum Gasteiger partial charge on any atom is 0.306 e. The molecule has 0 aromatic heterocycles. The summed E-state index contributed by atoms with van der Waals surface area (Å²) in [6.07, 6.45) is 59.7. The first kappa shape index (κ1) is 74.4. The molecule has 1 aliphatic heterocycles. The van der Waals surface area contributed by atoms with E-state index in [9.17, 15) is 35.1 Å². The molecule has 0 aromatic rings. The van der Waals surface area contributed by atoms with Crippen molar-refractivity contribution in [3.63, 3.8) is 0 Å². The fourth-order valence-corrected chi connectivity index (χ4v) is 10.2. The lowest BCUT2D eigenvalue weighted by Crippen LogP contribution is -2.61. The number of amides is 1. The third kappa shape index (κ3) is 43.7. The highest BCUT2D eigenvalue weighted by Gasteiger charge is 2.47. The van der Waals surface area contributed by atoms with Gasteiger partial charge in [0.2, 0.25) is 5.91 Å². The van der Waals surface area contributed by atoms with Crippen LogP contribution in [0.15, 0.2) is 60.8 Å². The number of carbonyl (C=O) groups is 2. The van der Waals surface area contributed by atoms with Crippen LogP contribution in [0, 0.1) is 0 Å². The molecule has 8 unspecified atom stereocenters. The normalized spacial score (nSPS) is 19.2. The number of aliphatic hydroxyl groups is 5. The molecule has 1 amide bonds. The number of hydrogen-bond acceptors (Lipinski definition) is 10. The first-order valence-electron chi connectivity index (χ1n) is 33.1. The highest BCUT2D eigenvalue weighted by atomic mass is 16.7. The molecule has 1 aliphatic rings. The van der Waals surface area contributed by atoms with Crippen LogP contribution in [-0.4, -0.2) is 99.6 Å². The first-order chi connectivity index (χ1) is 38.7. The Hall–Kier alpha value is -2.64. The summed E-state index contributed by atoms with van der Waals surface area (Å²) in [5, 5.41) is 57.0. The molecule has 0 aromatic carbocycles. The van der Waals surface area contributed by atoms with Crippen LogP contribution in [0.25, 0.3) is 0 Å². The Morgan fingerprint density at radius 1 is 0.494 bits per heavy atom. The molecule has 11 heteroatoms. The Morgan fingerprint density at radius 3 is 1.33 bits per heavy atom. The molecule has 0 saturated carbocycles. The molecule has 0 bridgehead atoms. The second kappa shape index (κ2) is 55.9. The summed E-state index contributed by atoms with van der Waals surface area (Å²) in [6, 6.07) is -1.02. The van der Waals surface area contributed by atoms with Gasteiger partial charge < -0.3 is 45.1 Å². The van der Waals surface area contributed by atoms with E-state index in [4.69, 9.17) is 14.2 Å². The smallest absolute Gasteiger partial charge is 0.306 e. The molecule has 0 spiro atoms. The fraction of sp³-hybridized carbons (Fsp3) is 0.824. The summed E-state index contributed by atoms with van der Waals surface area (Å²) in [4.78, 5) is 26.6. The van der Waals surface area contributed by atoms with E-state index in [2.05, 4.69) is 74.7 Å². The Bertz CT molecular complexity index is 1510. The summed E-state index contributed by atoms with van der Waals surface area (Å²) >= 11 is 0. The zero-order chi connectivity index (χ0) is 57.5. The van der Waals surface area contributed by atoms with Crippen LogP contribution in [0.2, 0.25) is 0 Å². The molecular weight excluding hydrogens is 991 g/mol. The van der Waals surface area contributed by atoms with Crippen molar-refractivity contribution in [2.24, 2.45) is 0 Å². The molecule has 1 heterocycles. The first-order valence-corrected chi connectivity index (χ1v) is 33.1. The van der Waals surface area contributed by atoms with Gasteiger partial charge in [0.1, 0.15) is 24.4 Å². The van der Waals surface area contributed by atoms with E-state index in [1.807, 2.05) is 6.08 Å². The van der Waals surface area contributed by atoms with Crippen LogP contribution in [0.1, 0.15) is 297 Å². The van der Waals surface area contributed by atoms with Crippen molar-refractivity contribution in [3.05, 3.63) is 60.8 Å². The summed E-state index contributed by atoms with van der Waals surface area (Å²) in [5.74, 6) is -1.19. The number of carbonyl (C=O) groups excluding carboxylic acids is 2. The van der Waals surface area contributed by atoms with Gasteiger partial charge in [0, 0.05) is 6.42 Å². The van der Waals surface area contributed by atoms with Gasteiger partial charge in [0.05, 0.1) is 25.4 Å². The van der Waals surface area contributed by atoms with Gasteiger partial charge >= 0.3 is 5.97 Å². The molecule has 1 fully saturated rings. The standard InChI is InChI=1S/C68H123NO10/c1-4-7-10-13-16-19-22-24-26-27-28-29-30-31-32-33-34-35-36-38-41-44-47-50-53-56-63(73)79-66-65(75)64(74)62(57-70)78-68(66)77-58-59(60(71)54-51-48-45-42-39-21-18-15-12-9-6-3)69-67(76)61(72)55-52-49-46-43-40-37-25-23-20-17-14-11-8-5-2/h16,19,24,26,28-29,31-32,51,54,59-62,64-66,68,70-72,74-75H,4-15,17-18,20-23,25,27,30,33-50,52-53,55-58H2,1-3H3,(H,69,76)/b19-16-,26-24-,29-28-,32-31-,54-51+. The van der Waals surface area contributed by atoms with Gasteiger partial charge in [-0.1, -0.05) is 281 Å². The van der Waals surface area contributed by atoms with Gasteiger partial charge in [-0.05, 0) is 70.6 Å². The summed E-state index contributed by atoms with van der Waals surface area (Å²) in [6.45, 7) is 5.77. The minimum absolute atomic E-state index is 0.116. The van der Waals surface area contributed by atoms with Gasteiger partial charge in [-0.2, -0.15) is 0 Å². The highest BCUT2D eigenvalue weighted by molar-refractivity contribution is 5.80. The van der Waals surface area contributed by atoms with E-state index >= 15 is 0 Å². The fourth-order valence-electron chi connectivity index (χ4n) is 10.2. The Morgan fingerprint density at radius 2 is 0.873 bits per heavy atom. The zero-order valence-corrected chi connectivity index (χ0v) is 51.0. The van der Waals surface area contributed by atoms with Crippen molar-refractivity contribution < 1.29 is 49.3 Å². The van der Waals surface area contributed by atoms with Crippen molar-refractivity contribution in [2.75, 3.05) is 13.2 Å². The predicted octanol–water partition coefficient (Wildman–Crippen LogP) is 16.2. The van der Waals surface area contributed by atoms with Gasteiger partial charge in [-0.3, -0.25) is 9.59 Å². The predicted molar refractivity (Wildman–Crippen MR) is 329 cm³/mol. The van der Waals surface area contributed by atoms with E-state index in [0.717, 1.165) is 89.9 Å². The molecule has 1 rings (SSSR count). The largest absolute Gasteiger partial charge is 0.454 e. The second-order valence-corrected chi connectivity index (χ2v) is 22.9. The minimum Gasteiger partial charge on any atom is -0.454 e. The highest BCUT2D eigenvalue weighted by Crippen LogP contribution is 2.26. The van der Waals surface area contributed by atoms with Crippen molar-refractivity contribution in [1.29, 1.82) is 0 Å². The lowest BCUT2D eigenvalue weighted by molar-refractivity contribution is -0.305. The van der Waals surface area contributed by atoms with Gasteiger partial charge in [0.25, 0.3) is 0 Å². The number of aliphatic hydroxyl groups excluding tert-OH is 5. The maximum absolute atomic E-state index is 13.4. The van der Waals surface area contributed by atoms with Crippen LogP contribution < -0.4 is 5.32 Å². The van der Waals surface area contributed by atoms with E-state index in [1.54, 1.807) is 6.08 Å². The van der Waals surface area contributed by atoms with Crippen molar-refractivity contribution in [3.8, 4) is 0 Å². The molecule has 1 saturated heterocycles. The summed E-state index contributed by atoms with van der Waals surface area (Å²) < 4.78 is 17.6. The molecule has 6 N–H and O–H groups in total. The quantitative estimate of drug-likeness (QED) is 0.0195. The van der Waals surface area contributed by atoms with Crippen LogP contribution in [-0.2, 0) is 23.8 Å². The third-order valence-electron chi connectivity index (χ3n) is 15.4. The number of rotatable bonds is 56. The number of hydrogen-bond donors (Lipinski definition) is 6. The lowest BCUT2D eigenvalue weighted by atomic mass is 9.99.